The first kappa shape index (κ1) is 15.3. The lowest BCUT2D eigenvalue weighted by atomic mass is 9.88. The van der Waals surface area contributed by atoms with Crippen LogP contribution in [0.1, 0.15) is 61.9 Å². The zero-order valence-electron chi connectivity index (χ0n) is 13.7. The van der Waals surface area contributed by atoms with Gasteiger partial charge >= 0.3 is 0 Å². The van der Waals surface area contributed by atoms with Crippen molar-refractivity contribution in [2.45, 2.75) is 59.2 Å². The van der Waals surface area contributed by atoms with Crippen molar-refractivity contribution in [2.24, 2.45) is 5.73 Å². The molecule has 1 atom stereocenters. The maximum Gasteiger partial charge on any atom is 0.122 e. The van der Waals surface area contributed by atoms with Gasteiger partial charge in [0.2, 0.25) is 0 Å². The van der Waals surface area contributed by atoms with E-state index in [2.05, 4.69) is 45.6 Å². The van der Waals surface area contributed by atoms with E-state index in [0.717, 1.165) is 12.3 Å². The first-order chi connectivity index (χ1) is 9.42. The molecule has 1 unspecified atom stereocenters. The minimum absolute atomic E-state index is 0.316. The van der Waals surface area contributed by atoms with Crippen LogP contribution in [-0.2, 0) is 6.54 Å². The van der Waals surface area contributed by atoms with Crippen molar-refractivity contribution in [2.75, 3.05) is 13.7 Å². The topological polar surface area (TPSA) is 38.5 Å². The van der Waals surface area contributed by atoms with Gasteiger partial charge in [0.25, 0.3) is 0 Å². The van der Waals surface area contributed by atoms with Crippen LogP contribution >= 0.6 is 0 Å². The summed E-state index contributed by atoms with van der Waals surface area (Å²) in [5, 5.41) is 0. The number of nitrogens with two attached hydrogens (primary N) is 1. The predicted molar refractivity (Wildman–Crippen MR) is 84.3 cm³/mol. The van der Waals surface area contributed by atoms with Crippen LogP contribution in [0.2, 0.25) is 0 Å². The maximum atomic E-state index is 6.10. The van der Waals surface area contributed by atoms with Crippen molar-refractivity contribution in [3.05, 3.63) is 28.3 Å². The number of aryl methyl sites for hydroxylation is 1. The van der Waals surface area contributed by atoms with E-state index >= 15 is 0 Å². The van der Waals surface area contributed by atoms with Gasteiger partial charge in [0.05, 0.1) is 7.11 Å². The summed E-state index contributed by atoms with van der Waals surface area (Å²) in [6, 6.07) is 3.00. The Morgan fingerprint density at radius 2 is 2.00 bits per heavy atom. The molecule has 1 aliphatic rings. The Morgan fingerprint density at radius 1 is 1.35 bits per heavy atom. The van der Waals surface area contributed by atoms with E-state index in [4.69, 9.17) is 10.5 Å². The average molecular weight is 276 g/mol. The lowest BCUT2D eigenvalue weighted by Gasteiger charge is -2.29. The van der Waals surface area contributed by atoms with Crippen molar-refractivity contribution in [1.29, 1.82) is 0 Å². The average Bonchev–Trinajstić information content (AvgIpc) is 2.77. The van der Waals surface area contributed by atoms with Crippen LogP contribution in [0.5, 0.6) is 5.75 Å². The highest BCUT2D eigenvalue weighted by Crippen LogP contribution is 2.44. The summed E-state index contributed by atoms with van der Waals surface area (Å²) in [5.74, 6) is 1.46. The number of hydrogen-bond donors (Lipinski definition) is 1. The van der Waals surface area contributed by atoms with Gasteiger partial charge in [-0.2, -0.15) is 0 Å². The van der Waals surface area contributed by atoms with E-state index in [9.17, 15) is 0 Å². The second kappa shape index (κ2) is 5.74. The van der Waals surface area contributed by atoms with Crippen LogP contribution in [0.25, 0.3) is 0 Å². The van der Waals surface area contributed by atoms with Crippen LogP contribution in [0.3, 0.4) is 0 Å². The molecule has 112 valence electrons. The quantitative estimate of drug-likeness (QED) is 0.916. The van der Waals surface area contributed by atoms with Gasteiger partial charge in [-0.25, -0.2) is 0 Å². The first-order valence-electron chi connectivity index (χ1n) is 7.58. The third kappa shape index (κ3) is 2.33. The molecule has 0 aromatic heterocycles. The minimum atomic E-state index is 0.316. The zero-order valence-corrected chi connectivity index (χ0v) is 13.7. The third-order valence-corrected chi connectivity index (χ3v) is 4.46. The van der Waals surface area contributed by atoms with Gasteiger partial charge in [0.15, 0.2) is 0 Å². The summed E-state index contributed by atoms with van der Waals surface area (Å²) in [6.07, 6.45) is 0. The molecule has 2 rings (SSSR count). The first-order valence-corrected chi connectivity index (χ1v) is 7.58. The van der Waals surface area contributed by atoms with Gasteiger partial charge in [0, 0.05) is 30.7 Å². The van der Waals surface area contributed by atoms with E-state index in [1.807, 2.05) is 0 Å². The monoisotopic (exact) mass is 276 g/mol. The van der Waals surface area contributed by atoms with Gasteiger partial charge in [-0.3, -0.25) is 4.90 Å². The SMILES string of the molecule is COc1cc(C)c2c(c1C(C)C)C(CN)N(C(C)C)C2. The number of ether oxygens (including phenoxy) is 1. The van der Waals surface area contributed by atoms with Crippen molar-refractivity contribution >= 4 is 0 Å². The van der Waals surface area contributed by atoms with E-state index in [-0.39, 0.29) is 0 Å². The van der Waals surface area contributed by atoms with Gasteiger partial charge in [-0.05, 0) is 49.4 Å². The Hall–Kier alpha value is -1.06. The molecule has 0 saturated heterocycles. The van der Waals surface area contributed by atoms with E-state index in [0.29, 0.717) is 24.5 Å². The normalized spacial score (nSPS) is 18.9. The van der Waals surface area contributed by atoms with E-state index in [1.165, 1.54) is 22.3 Å². The number of rotatable bonds is 4. The van der Waals surface area contributed by atoms with Crippen molar-refractivity contribution < 1.29 is 4.74 Å². The fourth-order valence-corrected chi connectivity index (χ4v) is 3.48. The second-order valence-corrected chi connectivity index (χ2v) is 6.37. The maximum absolute atomic E-state index is 6.10. The summed E-state index contributed by atoms with van der Waals surface area (Å²) < 4.78 is 5.64. The highest BCUT2D eigenvalue weighted by atomic mass is 16.5. The highest BCUT2D eigenvalue weighted by molar-refractivity contribution is 5.54. The Kier molecular flexibility index (Phi) is 4.40. The van der Waals surface area contributed by atoms with Crippen LogP contribution in [0.4, 0.5) is 0 Å². The molecule has 0 aliphatic carbocycles. The molecule has 0 bridgehead atoms. The Bertz CT molecular complexity index is 494. The molecule has 3 nitrogen and oxygen atoms in total. The Labute approximate surface area is 123 Å². The molecule has 2 N–H and O–H groups in total. The minimum Gasteiger partial charge on any atom is -0.496 e. The van der Waals surface area contributed by atoms with Crippen molar-refractivity contribution in [3.63, 3.8) is 0 Å². The number of nitrogens with zero attached hydrogens (tertiary/aromatic N) is 1. The summed E-state index contributed by atoms with van der Waals surface area (Å²) in [5.41, 5.74) is 11.6. The molecule has 1 aliphatic heterocycles. The van der Waals surface area contributed by atoms with Crippen LogP contribution in [0, 0.1) is 6.92 Å². The van der Waals surface area contributed by atoms with Gasteiger partial charge in [-0.1, -0.05) is 13.8 Å². The predicted octanol–water partition coefficient (Wildman–Crippen LogP) is 3.35. The molecule has 0 fully saturated rings. The van der Waals surface area contributed by atoms with Crippen LogP contribution in [-0.4, -0.2) is 24.6 Å². The molecule has 1 aromatic carbocycles. The molecule has 20 heavy (non-hydrogen) atoms. The third-order valence-electron chi connectivity index (χ3n) is 4.46. The Balaban J connectivity index is 2.66. The number of fused-ring (bicyclic) bond motifs is 1. The molecule has 0 spiro atoms. The fraction of sp³-hybridized carbons (Fsp3) is 0.647. The largest absolute Gasteiger partial charge is 0.496 e. The smallest absolute Gasteiger partial charge is 0.122 e. The van der Waals surface area contributed by atoms with Crippen molar-refractivity contribution in [1.82, 2.24) is 4.90 Å². The second-order valence-electron chi connectivity index (χ2n) is 6.37. The number of hydrogen-bond acceptors (Lipinski definition) is 3. The molecular formula is C17H28N2O. The van der Waals surface area contributed by atoms with E-state index in [1.54, 1.807) is 7.11 Å². The molecule has 3 heteroatoms. The molecule has 0 amide bonds. The lowest BCUT2D eigenvalue weighted by Crippen LogP contribution is -2.33. The standard InChI is InChI=1S/C17H28N2O/c1-10(2)16-15(20-6)7-12(5)13-9-19(11(3)4)14(8-18)17(13)16/h7,10-11,14H,8-9,18H2,1-6H3. The molecule has 1 aromatic rings. The molecule has 0 radical (unpaired) electrons. The summed E-state index contributed by atoms with van der Waals surface area (Å²) >= 11 is 0. The lowest BCUT2D eigenvalue weighted by molar-refractivity contribution is 0.171. The molecule has 0 saturated carbocycles. The van der Waals surface area contributed by atoms with E-state index < -0.39 is 0 Å². The van der Waals surface area contributed by atoms with Gasteiger partial charge < -0.3 is 10.5 Å². The van der Waals surface area contributed by atoms with Crippen LogP contribution < -0.4 is 10.5 Å². The Morgan fingerprint density at radius 3 is 2.45 bits per heavy atom. The molecular weight excluding hydrogens is 248 g/mol. The summed E-state index contributed by atoms with van der Waals surface area (Å²) in [6.45, 7) is 12.8. The summed E-state index contributed by atoms with van der Waals surface area (Å²) in [4.78, 5) is 2.50. The van der Waals surface area contributed by atoms with Gasteiger partial charge in [0.1, 0.15) is 5.75 Å². The fourth-order valence-electron chi connectivity index (χ4n) is 3.48. The number of benzene rings is 1. The molecule has 1 heterocycles. The number of methoxy groups -OCH3 is 1. The van der Waals surface area contributed by atoms with Gasteiger partial charge in [-0.15, -0.1) is 0 Å². The zero-order chi connectivity index (χ0) is 15.0. The highest BCUT2D eigenvalue weighted by Gasteiger charge is 2.35. The van der Waals surface area contributed by atoms with Crippen LogP contribution in [0.15, 0.2) is 6.07 Å². The van der Waals surface area contributed by atoms with Crippen molar-refractivity contribution in [3.8, 4) is 5.75 Å². The summed E-state index contributed by atoms with van der Waals surface area (Å²) in [7, 11) is 1.76.